The Balaban J connectivity index is 1.62. The molecule has 1 aliphatic carbocycles. The van der Waals surface area contributed by atoms with Crippen molar-refractivity contribution < 1.29 is 4.11 Å². The molecule has 1 aliphatic heterocycles. The quantitative estimate of drug-likeness (QED) is 0.292. The van der Waals surface area contributed by atoms with Gasteiger partial charge in [-0.05, 0) is 42.0 Å². The van der Waals surface area contributed by atoms with E-state index in [9.17, 15) is 1.37 Å². The number of halogens is 1. The van der Waals surface area contributed by atoms with Crippen LogP contribution in [-0.2, 0) is 0 Å². The molecule has 0 bridgehead atoms. The first-order valence-corrected chi connectivity index (χ1v) is 12.9. The van der Waals surface area contributed by atoms with Gasteiger partial charge in [0, 0.05) is 59.0 Å². The largest absolute Gasteiger partial charge is 0.383 e. The molecule has 0 unspecified atom stereocenters. The van der Waals surface area contributed by atoms with E-state index >= 15 is 0 Å². The van der Waals surface area contributed by atoms with Gasteiger partial charge in [0.1, 0.15) is 5.82 Å². The lowest BCUT2D eigenvalue weighted by Crippen LogP contribution is -2.38. The summed E-state index contributed by atoms with van der Waals surface area (Å²) < 4.78 is 27.1. The number of hydrogen-bond acceptors (Lipinski definition) is 8. The maximum absolute atomic E-state index is 9.73. The van der Waals surface area contributed by atoms with Crippen LogP contribution < -0.4 is 26.5 Å². The Kier molecular flexibility index (Phi) is 6.02. The molecule has 2 aliphatic rings. The van der Waals surface area contributed by atoms with Crippen molar-refractivity contribution in [3.8, 4) is 12.3 Å². The highest BCUT2D eigenvalue weighted by molar-refractivity contribution is 6.35. The summed E-state index contributed by atoms with van der Waals surface area (Å²) in [5.74, 6) is 3.39. The first-order chi connectivity index (χ1) is 19.2. The van der Waals surface area contributed by atoms with Crippen molar-refractivity contribution in [3.05, 3.63) is 64.7 Å². The fourth-order valence-electron chi connectivity index (χ4n) is 4.07. The number of fused-ring (bicyclic) bond motifs is 1. The van der Waals surface area contributed by atoms with Crippen molar-refractivity contribution in [1.29, 1.82) is 0 Å². The van der Waals surface area contributed by atoms with Crippen LogP contribution in [-0.4, -0.2) is 41.6 Å². The summed E-state index contributed by atoms with van der Waals surface area (Å²) in [5, 5.41) is 9.25. The molecule has 1 fully saturated rings. The van der Waals surface area contributed by atoms with Crippen molar-refractivity contribution in [1.82, 2.24) is 25.9 Å². The van der Waals surface area contributed by atoms with Gasteiger partial charge in [0.25, 0.3) is 0 Å². The van der Waals surface area contributed by atoms with Gasteiger partial charge in [-0.2, -0.15) is 0 Å². The van der Waals surface area contributed by atoms with E-state index < -0.39 is 17.9 Å². The van der Waals surface area contributed by atoms with Crippen molar-refractivity contribution >= 4 is 39.7 Å². The number of aromatic nitrogens is 2. The molecular weight excluding hydrogens is 496 g/mol. The Morgan fingerprint density at radius 2 is 2.08 bits per heavy atom. The molecule has 8 nitrogen and oxygen atoms in total. The predicted molar refractivity (Wildman–Crippen MR) is 157 cm³/mol. The maximum Gasteiger partial charge on any atom is 0.127 e. The molecular formula is C29H35ClN8. The zero-order chi connectivity index (χ0) is 29.7. The van der Waals surface area contributed by atoms with Crippen LogP contribution in [0, 0.1) is 17.8 Å². The van der Waals surface area contributed by atoms with Gasteiger partial charge in [-0.15, -0.1) is 12.0 Å². The van der Waals surface area contributed by atoms with Gasteiger partial charge in [-0.3, -0.25) is 9.99 Å². The summed E-state index contributed by atoms with van der Waals surface area (Å²) in [7, 11) is 3.83. The third-order valence-electron chi connectivity index (χ3n) is 6.20. The molecule has 3 aromatic rings. The summed E-state index contributed by atoms with van der Waals surface area (Å²) in [6, 6.07) is 6.14. The molecule has 0 radical (unpaired) electrons. The monoisotopic (exact) mass is 533 g/mol. The Bertz CT molecular complexity index is 1540. The lowest BCUT2D eigenvalue weighted by Gasteiger charge is -2.24. The standard InChI is InChI=1S/C29H35ClN8/c1-7-18-14-32-28-22(26(18)33-17-29(2,3)4)12-20(13-23(28)30)34-27(19-8-11-25(31-15-19)37(5)6)24-16-38(36-35-24)21-9-10-21/h1,8,11-16,21,27,34-36H,9-10,17H2,2-6H3,(H,32,33)/t27-/m1/s1/i17D2,27D. The van der Waals surface area contributed by atoms with E-state index in [1.807, 2.05) is 63.1 Å². The highest BCUT2D eigenvalue weighted by atomic mass is 35.5. The molecule has 2 aromatic heterocycles. The third kappa shape index (κ3) is 5.59. The minimum absolute atomic E-state index is 0.336. The van der Waals surface area contributed by atoms with Crippen LogP contribution in [0.25, 0.3) is 10.9 Å². The summed E-state index contributed by atoms with van der Waals surface area (Å²) in [6.45, 7) is 3.62. The second-order valence-corrected chi connectivity index (χ2v) is 11.2. The van der Waals surface area contributed by atoms with Crippen molar-refractivity contribution in [2.24, 2.45) is 5.41 Å². The van der Waals surface area contributed by atoms with Gasteiger partial charge < -0.3 is 21.0 Å². The molecule has 0 spiro atoms. The average Bonchev–Trinajstić information content (AvgIpc) is 3.64. The predicted octanol–water partition coefficient (Wildman–Crippen LogP) is 5.27. The molecule has 0 saturated heterocycles. The number of nitrogens with zero attached hydrogens (tertiary/aromatic N) is 4. The average molecular weight is 534 g/mol. The van der Waals surface area contributed by atoms with Gasteiger partial charge in [0.2, 0.25) is 0 Å². The lowest BCUT2D eigenvalue weighted by atomic mass is 9.96. The summed E-state index contributed by atoms with van der Waals surface area (Å²) in [6.07, 6.45) is 13.1. The van der Waals surface area contributed by atoms with Crippen LogP contribution in [0.2, 0.25) is 5.02 Å². The highest BCUT2D eigenvalue weighted by Crippen LogP contribution is 2.37. The molecule has 5 rings (SSSR count). The number of rotatable bonds is 8. The molecule has 1 saturated carbocycles. The van der Waals surface area contributed by atoms with E-state index in [0.29, 0.717) is 50.2 Å². The van der Waals surface area contributed by atoms with Crippen LogP contribution in [0.1, 0.15) is 54.9 Å². The van der Waals surface area contributed by atoms with E-state index in [-0.39, 0.29) is 0 Å². The Labute approximate surface area is 234 Å². The summed E-state index contributed by atoms with van der Waals surface area (Å²) in [5.41, 5.74) is 8.59. The van der Waals surface area contributed by atoms with E-state index in [4.69, 9.17) is 20.8 Å². The minimum Gasteiger partial charge on any atom is -0.383 e. The lowest BCUT2D eigenvalue weighted by molar-refractivity contribution is 0.260. The fraction of sp³-hybridized carbons (Fsp3) is 0.379. The van der Waals surface area contributed by atoms with Crippen LogP contribution >= 0.6 is 11.6 Å². The number of anilines is 3. The molecule has 1 atom stereocenters. The first kappa shape index (κ1) is 22.3. The summed E-state index contributed by atoms with van der Waals surface area (Å²) >= 11 is 6.75. The SMILES string of the molecule is [2H]C([2H])(Nc1c(C#C)cnc2c(Cl)cc(N[C@@]([2H])(C3=CN(C4CC4)NN3)c3ccc(N(C)C)nc3)cc12)C(C)(C)C. The molecule has 9 heteroatoms. The molecule has 38 heavy (non-hydrogen) atoms. The van der Waals surface area contributed by atoms with Crippen LogP contribution in [0.4, 0.5) is 17.2 Å². The van der Waals surface area contributed by atoms with Crippen molar-refractivity contribution in [2.75, 3.05) is 36.1 Å². The maximum atomic E-state index is 9.73. The second-order valence-electron chi connectivity index (χ2n) is 10.8. The second kappa shape index (κ2) is 10.2. The van der Waals surface area contributed by atoms with Crippen LogP contribution in [0.5, 0.6) is 0 Å². The third-order valence-corrected chi connectivity index (χ3v) is 6.49. The molecule has 4 N–H and O–H groups in total. The molecule has 3 heterocycles. The number of terminal acetylenes is 1. The number of hydrogen-bond donors (Lipinski definition) is 4. The molecule has 198 valence electrons. The van der Waals surface area contributed by atoms with E-state index in [1.54, 1.807) is 18.3 Å². The minimum atomic E-state index is -1.81. The Morgan fingerprint density at radius 1 is 1.29 bits per heavy atom. The summed E-state index contributed by atoms with van der Waals surface area (Å²) in [4.78, 5) is 10.9. The van der Waals surface area contributed by atoms with Crippen LogP contribution in [0.3, 0.4) is 0 Å². The number of benzene rings is 1. The Morgan fingerprint density at radius 3 is 2.71 bits per heavy atom. The van der Waals surface area contributed by atoms with Crippen molar-refractivity contribution in [2.45, 2.75) is 45.7 Å². The van der Waals surface area contributed by atoms with Gasteiger partial charge >= 0.3 is 0 Å². The number of hydrazine groups is 2. The zero-order valence-corrected chi connectivity index (χ0v) is 23.0. The topological polar surface area (TPSA) is 80.4 Å². The zero-order valence-electron chi connectivity index (χ0n) is 25.3. The van der Waals surface area contributed by atoms with E-state index in [2.05, 4.69) is 37.5 Å². The van der Waals surface area contributed by atoms with Gasteiger partial charge in [-0.1, -0.05) is 44.4 Å². The molecule has 0 amide bonds. The van der Waals surface area contributed by atoms with E-state index in [1.165, 1.54) is 6.20 Å². The van der Waals surface area contributed by atoms with E-state index in [0.717, 1.165) is 18.7 Å². The first-order valence-electron chi connectivity index (χ1n) is 14.0. The smallest absolute Gasteiger partial charge is 0.127 e. The number of pyridine rings is 2. The Hall–Kier alpha value is -3.67. The normalized spacial score (nSPS) is 18.4. The fourth-order valence-corrected chi connectivity index (χ4v) is 4.34. The van der Waals surface area contributed by atoms with Gasteiger partial charge in [0.05, 0.1) is 34.9 Å². The molecule has 1 aromatic carbocycles. The van der Waals surface area contributed by atoms with Crippen molar-refractivity contribution in [3.63, 3.8) is 0 Å². The number of nitrogens with one attached hydrogen (secondary N) is 4. The van der Waals surface area contributed by atoms with Gasteiger partial charge in [-0.25, -0.2) is 4.98 Å². The van der Waals surface area contributed by atoms with Gasteiger partial charge in [0.15, 0.2) is 0 Å². The van der Waals surface area contributed by atoms with Crippen LogP contribution in [0.15, 0.2) is 48.6 Å². The highest BCUT2D eigenvalue weighted by Gasteiger charge is 2.32.